The van der Waals surface area contributed by atoms with E-state index in [-0.39, 0.29) is 18.3 Å². The lowest BCUT2D eigenvalue weighted by molar-refractivity contribution is -0.130. The zero-order valence-electron chi connectivity index (χ0n) is 20.8. The Kier molecular flexibility index (Phi) is 8.71. The Balaban J connectivity index is 0.00000342. The maximum absolute atomic E-state index is 11.9. The second-order valence-electron chi connectivity index (χ2n) is 9.32. The number of imidazole rings is 1. The summed E-state index contributed by atoms with van der Waals surface area (Å²) in [6.45, 7) is 5.17. The van der Waals surface area contributed by atoms with Gasteiger partial charge >= 0.3 is 0 Å². The van der Waals surface area contributed by atoms with Crippen molar-refractivity contribution in [3.63, 3.8) is 0 Å². The molecule has 0 atom stereocenters. The van der Waals surface area contributed by atoms with Crippen molar-refractivity contribution in [2.75, 3.05) is 40.3 Å². The number of likely N-dealkylation sites (tertiary alicyclic amines) is 1. The van der Waals surface area contributed by atoms with Gasteiger partial charge in [-0.2, -0.15) is 5.26 Å². The lowest BCUT2D eigenvalue weighted by Gasteiger charge is -2.32. The van der Waals surface area contributed by atoms with Crippen molar-refractivity contribution in [1.82, 2.24) is 24.3 Å². The van der Waals surface area contributed by atoms with E-state index in [4.69, 9.17) is 4.74 Å². The molecule has 0 spiro atoms. The highest BCUT2D eigenvalue weighted by molar-refractivity contribution is 5.85. The number of ether oxygens (including phenoxy) is 1. The molecule has 0 unspecified atom stereocenters. The van der Waals surface area contributed by atoms with Gasteiger partial charge in [0.05, 0.1) is 30.7 Å². The van der Waals surface area contributed by atoms with Crippen LogP contribution in [0, 0.1) is 24.2 Å². The van der Waals surface area contributed by atoms with Crippen LogP contribution in [0.5, 0.6) is 5.75 Å². The van der Waals surface area contributed by atoms with Gasteiger partial charge in [0.1, 0.15) is 17.3 Å². The molecule has 1 aliphatic rings. The summed E-state index contributed by atoms with van der Waals surface area (Å²) in [6.07, 6.45) is 4.92. The number of nitriles is 1. The van der Waals surface area contributed by atoms with Crippen LogP contribution in [0.2, 0.25) is 0 Å². The molecule has 3 heterocycles. The molecule has 35 heavy (non-hydrogen) atoms. The zero-order valence-corrected chi connectivity index (χ0v) is 21.6. The predicted octanol–water partition coefficient (Wildman–Crippen LogP) is 3.81. The smallest absolute Gasteiger partial charge is 0.236 e. The van der Waals surface area contributed by atoms with Crippen LogP contribution in [0.4, 0.5) is 0 Å². The lowest BCUT2D eigenvalue weighted by Crippen LogP contribution is -2.41. The standard InChI is InChI=1S/C26H32N6O2.ClH/c1-18-13-20(21-14-23-26(22(15-27)29-21)28-17-31(23)4)5-6-24(18)34-12-9-19-7-10-32(11-8-19)16-25(33)30(2)3;/h5-6,13-14,17,19H,7-12,16H2,1-4H3;1H. The zero-order chi connectivity index (χ0) is 24.2. The van der Waals surface area contributed by atoms with E-state index in [9.17, 15) is 10.1 Å². The molecular weight excluding hydrogens is 464 g/mol. The predicted molar refractivity (Wildman–Crippen MR) is 139 cm³/mol. The maximum Gasteiger partial charge on any atom is 0.236 e. The minimum atomic E-state index is 0. The molecule has 0 saturated carbocycles. The third kappa shape index (κ3) is 6.11. The van der Waals surface area contributed by atoms with Crippen molar-refractivity contribution in [1.29, 1.82) is 5.26 Å². The molecule has 4 rings (SSSR count). The number of carbonyl (C=O) groups is 1. The molecule has 1 amide bonds. The van der Waals surface area contributed by atoms with Crippen LogP contribution in [0.15, 0.2) is 30.6 Å². The molecule has 186 valence electrons. The Morgan fingerprint density at radius 1 is 1.26 bits per heavy atom. The number of aryl methyl sites for hydroxylation is 2. The summed E-state index contributed by atoms with van der Waals surface area (Å²) in [5.41, 5.74) is 4.59. The first-order chi connectivity index (χ1) is 16.4. The number of carbonyl (C=O) groups excluding carboxylic acids is 1. The number of halogens is 1. The molecular formula is C26H33ClN6O2. The number of hydrogen-bond donors (Lipinski definition) is 0. The minimum Gasteiger partial charge on any atom is -0.493 e. The summed E-state index contributed by atoms with van der Waals surface area (Å²) in [4.78, 5) is 24.6. The first-order valence-electron chi connectivity index (χ1n) is 11.7. The molecule has 0 aliphatic carbocycles. The van der Waals surface area contributed by atoms with Gasteiger partial charge in [-0.3, -0.25) is 9.69 Å². The summed E-state index contributed by atoms with van der Waals surface area (Å²) in [5.74, 6) is 1.67. The van der Waals surface area contributed by atoms with Gasteiger partial charge in [-0.1, -0.05) is 0 Å². The summed E-state index contributed by atoms with van der Waals surface area (Å²) in [6, 6.07) is 10.2. The van der Waals surface area contributed by atoms with E-state index in [2.05, 4.69) is 27.0 Å². The summed E-state index contributed by atoms with van der Waals surface area (Å²) in [5, 5.41) is 9.49. The van der Waals surface area contributed by atoms with E-state index in [0.29, 0.717) is 30.3 Å². The van der Waals surface area contributed by atoms with E-state index in [1.54, 1.807) is 25.3 Å². The average molecular weight is 497 g/mol. The van der Waals surface area contributed by atoms with Crippen LogP contribution in [0.25, 0.3) is 22.3 Å². The number of amides is 1. The van der Waals surface area contributed by atoms with Crippen molar-refractivity contribution in [3.05, 3.63) is 41.9 Å². The quantitative estimate of drug-likeness (QED) is 0.494. The van der Waals surface area contributed by atoms with Crippen molar-refractivity contribution in [3.8, 4) is 23.1 Å². The Morgan fingerprint density at radius 3 is 2.66 bits per heavy atom. The van der Waals surface area contributed by atoms with Crippen molar-refractivity contribution < 1.29 is 9.53 Å². The number of hydrogen-bond acceptors (Lipinski definition) is 6. The SMILES string of the molecule is Cc1cc(-c2cc3c(ncn3C)c(C#N)n2)ccc1OCCC1CCN(CC(=O)N(C)C)CC1.Cl. The highest BCUT2D eigenvalue weighted by Gasteiger charge is 2.21. The first-order valence-corrected chi connectivity index (χ1v) is 11.7. The second kappa shape index (κ2) is 11.5. The number of rotatable bonds is 7. The number of pyridine rings is 1. The number of fused-ring (bicyclic) bond motifs is 1. The minimum absolute atomic E-state index is 0. The van der Waals surface area contributed by atoms with Crippen LogP contribution in [-0.4, -0.2) is 70.6 Å². The van der Waals surface area contributed by atoms with Crippen LogP contribution in [0.1, 0.15) is 30.5 Å². The highest BCUT2D eigenvalue weighted by atomic mass is 35.5. The number of aromatic nitrogens is 3. The molecule has 0 N–H and O–H groups in total. The van der Waals surface area contributed by atoms with Crippen LogP contribution >= 0.6 is 12.4 Å². The number of likely N-dealkylation sites (N-methyl/N-ethyl adjacent to an activating group) is 1. The number of benzene rings is 1. The fourth-order valence-corrected chi connectivity index (χ4v) is 4.43. The molecule has 0 bridgehead atoms. The molecule has 2 aromatic heterocycles. The van der Waals surface area contributed by atoms with Gasteiger partial charge in [0.2, 0.25) is 5.91 Å². The molecule has 1 aliphatic heterocycles. The summed E-state index contributed by atoms with van der Waals surface area (Å²) < 4.78 is 8.01. The van der Waals surface area contributed by atoms with Crippen molar-refractivity contribution >= 4 is 29.3 Å². The highest BCUT2D eigenvalue weighted by Crippen LogP contribution is 2.29. The van der Waals surface area contributed by atoms with Crippen LogP contribution in [0.3, 0.4) is 0 Å². The monoisotopic (exact) mass is 496 g/mol. The molecule has 1 fully saturated rings. The summed E-state index contributed by atoms with van der Waals surface area (Å²) >= 11 is 0. The molecule has 9 heteroatoms. The lowest BCUT2D eigenvalue weighted by atomic mass is 9.94. The van der Waals surface area contributed by atoms with Gasteiger partial charge in [0, 0.05) is 26.7 Å². The van der Waals surface area contributed by atoms with Gasteiger partial charge in [-0.05, 0) is 75.0 Å². The molecule has 0 radical (unpaired) electrons. The Bertz CT molecular complexity index is 1220. The second-order valence-corrected chi connectivity index (χ2v) is 9.32. The molecule has 1 aromatic carbocycles. The summed E-state index contributed by atoms with van der Waals surface area (Å²) in [7, 11) is 5.52. The van der Waals surface area contributed by atoms with E-state index in [1.165, 1.54) is 0 Å². The normalized spacial score (nSPS) is 14.4. The van der Waals surface area contributed by atoms with E-state index >= 15 is 0 Å². The third-order valence-corrected chi connectivity index (χ3v) is 6.64. The maximum atomic E-state index is 11.9. The molecule has 8 nitrogen and oxygen atoms in total. The Hall–Kier alpha value is -3.15. The number of piperidine rings is 1. The Labute approximate surface area is 212 Å². The van der Waals surface area contributed by atoms with Gasteiger partial charge in [0.15, 0.2) is 5.69 Å². The van der Waals surface area contributed by atoms with Crippen molar-refractivity contribution in [2.24, 2.45) is 13.0 Å². The Morgan fingerprint density at radius 2 is 2.00 bits per heavy atom. The van der Waals surface area contributed by atoms with Gasteiger partial charge in [0.25, 0.3) is 0 Å². The third-order valence-electron chi connectivity index (χ3n) is 6.64. The fraction of sp³-hybridized carbons (Fsp3) is 0.462. The number of nitrogens with zero attached hydrogens (tertiary/aromatic N) is 6. The van der Waals surface area contributed by atoms with E-state index < -0.39 is 0 Å². The fourth-order valence-electron chi connectivity index (χ4n) is 4.43. The van der Waals surface area contributed by atoms with Crippen molar-refractivity contribution in [2.45, 2.75) is 26.2 Å². The van der Waals surface area contributed by atoms with Crippen LogP contribution in [-0.2, 0) is 11.8 Å². The van der Waals surface area contributed by atoms with Gasteiger partial charge in [-0.25, -0.2) is 9.97 Å². The van der Waals surface area contributed by atoms with Gasteiger partial charge in [-0.15, -0.1) is 12.4 Å². The first kappa shape index (κ1) is 26.5. The topological polar surface area (TPSA) is 87.3 Å². The van der Waals surface area contributed by atoms with Gasteiger partial charge < -0.3 is 14.2 Å². The average Bonchev–Trinajstić information content (AvgIpc) is 3.21. The van der Waals surface area contributed by atoms with Crippen LogP contribution < -0.4 is 4.74 Å². The largest absolute Gasteiger partial charge is 0.493 e. The van der Waals surface area contributed by atoms with E-state index in [1.807, 2.05) is 36.7 Å². The molecule has 3 aromatic rings. The van der Waals surface area contributed by atoms with E-state index in [0.717, 1.165) is 60.4 Å². The molecule has 1 saturated heterocycles.